The van der Waals surface area contributed by atoms with Crippen molar-refractivity contribution in [3.8, 4) is 11.5 Å². The zero-order valence-corrected chi connectivity index (χ0v) is 19.5. The van der Waals surface area contributed by atoms with E-state index in [1.807, 2.05) is 0 Å². The lowest BCUT2D eigenvalue weighted by molar-refractivity contribution is 0.297. The highest BCUT2D eigenvalue weighted by Gasteiger charge is 2.31. The van der Waals surface area contributed by atoms with Crippen molar-refractivity contribution in [1.82, 2.24) is 0 Å². The van der Waals surface area contributed by atoms with Crippen LogP contribution in [0.25, 0.3) is 0 Å². The lowest BCUT2D eigenvalue weighted by atomic mass is 9.72. The van der Waals surface area contributed by atoms with Crippen LogP contribution < -0.4 is 9.47 Å². The van der Waals surface area contributed by atoms with Crippen LogP contribution in [0.2, 0.25) is 0 Å². The molecule has 0 bridgehead atoms. The number of benzene rings is 1. The van der Waals surface area contributed by atoms with E-state index in [4.69, 9.17) is 9.47 Å². The molecule has 0 fully saturated rings. The van der Waals surface area contributed by atoms with Crippen molar-refractivity contribution in [3.05, 3.63) is 47.1 Å². The van der Waals surface area contributed by atoms with Gasteiger partial charge in [-0.2, -0.15) is 0 Å². The predicted octanol–water partition coefficient (Wildman–Crippen LogP) is 8.01. The third kappa shape index (κ3) is 6.39. The van der Waals surface area contributed by atoms with Crippen molar-refractivity contribution in [2.24, 2.45) is 5.92 Å². The largest absolute Gasteiger partial charge is 0.496 e. The summed E-state index contributed by atoms with van der Waals surface area (Å²) in [4.78, 5) is 0. The molecule has 2 atom stereocenters. The van der Waals surface area contributed by atoms with Gasteiger partial charge >= 0.3 is 0 Å². The maximum Gasteiger partial charge on any atom is 0.127 e. The molecule has 0 saturated carbocycles. The Kier molecular flexibility index (Phi) is 9.84. The van der Waals surface area contributed by atoms with Crippen LogP contribution in [0.1, 0.15) is 96.1 Å². The zero-order valence-electron chi connectivity index (χ0n) is 19.5. The van der Waals surface area contributed by atoms with Gasteiger partial charge in [0.25, 0.3) is 0 Å². The molecule has 2 heteroatoms. The first kappa shape index (κ1) is 23.6. The van der Waals surface area contributed by atoms with Gasteiger partial charge in [0.2, 0.25) is 0 Å². The van der Waals surface area contributed by atoms with Gasteiger partial charge < -0.3 is 9.47 Å². The van der Waals surface area contributed by atoms with E-state index < -0.39 is 0 Å². The first-order valence-corrected chi connectivity index (χ1v) is 11.7. The normalized spacial score (nSPS) is 19.0. The van der Waals surface area contributed by atoms with Crippen LogP contribution in [0, 0.1) is 5.92 Å². The molecule has 1 unspecified atom stereocenters. The van der Waals surface area contributed by atoms with E-state index in [1.54, 1.807) is 7.11 Å². The van der Waals surface area contributed by atoms with Crippen LogP contribution in [-0.4, -0.2) is 13.7 Å². The molecule has 2 rings (SSSR count). The Hall–Kier alpha value is -1.70. The monoisotopic (exact) mass is 398 g/mol. The molecule has 1 aliphatic carbocycles. The summed E-state index contributed by atoms with van der Waals surface area (Å²) < 4.78 is 12.3. The number of unbranched alkanes of at least 4 members (excludes halogenated alkanes) is 3. The Bertz CT molecular complexity index is 686. The molecule has 2 nitrogen and oxygen atoms in total. The van der Waals surface area contributed by atoms with E-state index in [9.17, 15) is 0 Å². The zero-order chi connectivity index (χ0) is 21.2. The highest BCUT2D eigenvalue weighted by Crippen LogP contribution is 2.47. The van der Waals surface area contributed by atoms with Crippen molar-refractivity contribution in [2.45, 2.75) is 91.4 Å². The Morgan fingerprint density at radius 3 is 2.45 bits per heavy atom. The molecule has 0 saturated heterocycles. The minimum atomic E-state index is 0.285. The van der Waals surface area contributed by atoms with Gasteiger partial charge in [-0.25, -0.2) is 0 Å². The SMILES string of the molecule is C=C(CC)[C@@H]1CCC(C)=CC1c1c(OC)cc(CCCCC)cc1OCCCC. The smallest absolute Gasteiger partial charge is 0.127 e. The summed E-state index contributed by atoms with van der Waals surface area (Å²) in [6, 6.07) is 4.54. The summed E-state index contributed by atoms with van der Waals surface area (Å²) in [7, 11) is 1.80. The molecule has 0 radical (unpaired) electrons. The van der Waals surface area contributed by atoms with Crippen LogP contribution in [-0.2, 0) is 6.42 Å². The molecule has 1 aliphatic rings. The highest BCUT2D eigenvalue weighted by molar-refractivity contribution is 5.53. The van der Waals surface area contributed by atoms with Crippen molar-refractivity contribution in [2.75, 3.05) is 13.7 Å². The van der Waals surface area contributed by atoms with Gasteiger partial charge in [0.15, 0.2) is 0 Å². The van der Waals surface area contributed by atoms with Crippen LogP contribution >= 0.6 is 0 Å². The number of allylic oxidation sites excluding steroid dienone is 3. The molecule has 29 heavy (non-hydrogen) atoms. The Labute approximate surface area is 179 Å². The summed E-state index contributed by atoms with van der Waals surface area (Å²) in [6.45, 7) is 14.1. The summed E-state index contributed by atoms with van der Waals surface area (Å²) in [5, 5.41) is 0. The Morgan fingerprint density at radius 1 is 1.07 bits per heavy atom. The maximum atomic E-state index is 6.38. The first-order valence-electron chi connectivity index (χ1n) is 11.7. The minimum absolute atomic E-state index is 0.285. The van der Waals surface area contributed by atoms with Crippen LogP contribution in [0.3, 0.4) is 0 Å². The fraction of sp³-hybridized carbons (Fsp3) is 0.630. The molecule has 0 amide bonds. The quantitative estimate of drug-likeness (QED) is 0.262. The molecular formula is C27H42O2. The van der Waals surface area contributed by atoms with Gasteiger partial charge in [0.05, 0.1) is 13.7 Å². The third-order valence-electron chi connectivity index (χ3n) is 6.27. The topological polar surface area (TPSA) is 18.5 Å². The van der Waals surface area contributed by atoms with Crippen molar-refractivity contribution >= 4 is 0 Å². The summed E-state index contributed by atoms with van der Waals surface area (Å²) in [5.74, 6) is 2.74. The Balaban J connectivity index is 2.50. The fourth-order valence-electron chi connectivity index (χ4n) is 4.40. The van der Waals surface area contributed by atoms with Gasteiger partial charge in [0, 0.05) is 11.5 Å². The molecule has 0 aromatic heterocycles. The first-order chi connectivity index (χ1) is 14.0. The molecule has 0 heterocycles. The second-order valence-electron chi connectivity index (χ2n) is 8.56. The lowest BCUT2D eigenvalue weighted by Crippen LogP contribution is -2.19. The van der Waals surface area contributed by atoms with Crippen molar-refractivity contribution < 1.29 is 9.47 Å². The number of hydrogen-bond donors (Lipinski definition) is 0. The molecular weight excluding hydrogens is 356 g/mol. The second-order valence-corrected chi connectivity index (χ2v) is 8.56. The molecule has 1 aromatic carbocycles. The van der Waals surface area contributed by atoms with Gasteiger partial charge in [-0.05, 0) is 69.1 Å². The number of ether oxygens (including phenoxy) is 2. The van der Waals surface area contributed by atoms with E-state index >= 15 is 0 Å². The van der Waals surface area contributed by atoms with Crippen molar-refractivity contribution in [3.63, 3.8) is 0 Å². The maximum absolute atomic E-state index is 6.38. The van der Waals surface area contributed by atoms with Gasteiger partial charge in [-0.15, -0.1) is 0 Å². The summed E-state index contributed by atoms with van der Waals surface area (Å²) >= 11 is 0. The number of methoxy groups -OCH3 is 1. The number of rotatable bonds is 12. The molecule has 0 spiro atoms. The van der Waals surface area contributed by atoms with Crippen LogP contribution in [0.5, 0.6) is 11.5 Å². The van der Waals surface area contributed by atoms with Crippen molar-refractivity contribution in [1.29, 1.82) is 0 Å². The lowest BCUT2D eigenvalue weighted by Gasteiger charge is -2.33. The summed E-state index contributed by atoms with van der Waals surface area (Å²) in [5.41, 5.74) is 5.35. The van der Waals surface area contributed by atoms with Gasteiger partial charge in [-0.1, -0.05) is 63.8 Å². The van der Waals surface area contributed by atoms with E-state index in [-0.39, 0.29) is 5.92 Å². The Morgan fingerprint density at radius 2 is 1.79 bits per heavy atom. The molecule has 0 aliphatic heterocycles. The highest BCUT2D eigenvalue weighted by atomic mass is 16.5. The number of hydrogen-bond acceptors (Lipinski definition) is 2. The molecule has 0 N–H and O–H groups in total. The fourth-order valence-corrected chi connectivity index (χ4v) is 4.40. The van der Waals surface area contributed by atoms with E-state index in [0.29, 0.717) is 5.92 Å². The summed E-state index contributed by atoms with van der Waals surface area (Å²) in [6.07, 6.45) is 12.8. The van der Waals surface area contributed by atoms with Gasteiger partial charge in [-0.3, -0.25) is 0 Å². The molecule has 1 aromatic rings. The third-order valence-corrected chi connectivity index (χ3v) is 6.27. The van der Waals surface area contributed by atoms with E-state index in [2.05, 4.69) is 52.5 Å². The van der Waals surface area contributed by atoms with Crippen LogP contribution in [0.4, 0.5) is 0 Å². The standard InChI is InChI=1S/C27H42O2/c1-7-10-12-13-22-18-25(28-6)27(26(19-22)29-16-11-8-2)24-17-20(4)14-15-23(24)21(5)9-3/h17-19,23-24H,5,7-16H2,1-4,6H3/t23-,24?/m0/s1. The molecule has 162 valence electrons. The van der Waals surface area contributed by atoms with Crippen LogP contribution in [0.15, 0.2) is 35.9 Å². The van der Waals surface area contributed by atoms with Gasteiger partial charge in [0.1, 0.15) is 11.5 Å². The average Bonchev–Trinajstić information content (AvgIpc) is 2.73. The number of aryl methyl sites for hydroxylation is 1. The predicted molar refractivity (Wildman–Crippen MR) is 125 cm³/mol. The van der Waals surface area contributed by atoms with E-state index in [0.717, 1.165) is 56.6 Å². The average molecular weight is 399 g/mol. The second kappa shape index (κ2) is 12.1. The van der Waals surface area contributed by atoms with E-state index in [1.165, 1.54) is 41.5 Å². The minimum Gasteiger partial charge on any atom is -0.496 e.